The highest BCUT2D eigenvalue weighted by Crippen LogP contribution is 2.37. The Balaban J connectivity index is 2.28. The first-order valence-corrected chi connectivity index (χ1v) is 5.30. The van der Waals surface area contributed by atoms with Gasteiger partial charge in [0.1, 0.15) is 5.75 Å². The summed E-state index contributed by atoms with van der Waals surface area (Å²) in [6.07, 6.45) is 2.13. The van der Waals surface area contributed by atoms with Crippen LogP contribution in [-0.2, 0) is 5.60 Å². The molecule has 0 radical (unpaired) electrons. The largest absolute Gasteiger partial charge is 0.508 e. The standard InChI is InChI=1S/C12H16O3/c13-10-4-1-3-9(7-10)12(15)6-2-5-11(14)8-12/h1,3-4,7,11,13-15H,2,5-6,8H2. The minimum atomic E-state index is -0.976. The zero-order valence-corrected chi connectivity index (χ0v) is 8.56. The summed E-state index contributed by atoms with van der Waals surface area (Å²) in [7, 11) is 0. The van der Waals surface area contributed by atoms with Gasteiger partial charge in [-0.2, -0.15) is 0 Å². The van der Waals surface area contributed by atoms with Crippen LogP contribution >= 0.6 is 0 Å². The van der Waals surface area contributed by atoms with Gasteiger partial charge in [0.2, 0.25) is 0 Å². The van der Waals surface area contributed by atoms with E-state index >= 15 is 0 Å². The molecule has 1 saturated carbocycles. The lowest BCUT2D eigenvalue weighted by molar-refractivity contribution is -0.0499. The minimum Gasteiger partial charge on any atom is -0.508 e. The molecule has 0 bridgehead atoms. The molecule has 0 aliphatic heterocycles. The fourth-order valence-electron chi connectivity index (χ4n) is 2.28. The molecule has 0 saturated heterocycles. The predicted molar refractivity (Wildman–Crippen MR) is 56.5 cm³/mol. The molecule has 15 heavy (non-hydrogen) atoms. The lowest BCUT2D eigenvalue weighted by Gasteiger charge is -2.35. The van der Waals surface area contributed by atoms with Crippen molar-refractivity contribution in [1.82, 2.24) is 0 Å². The van der Waals surface area contributed by atoms with Crippen molar-refractivity contribution in [2.45, 2.75) is 37.4 Å². The molecule has 3 heteroatoms. The summed E-state index contributed by atoms with van der Waals surface area (Å²) in [6.45, 7) is 0. The first-order valence-electron chi connectivity index (χ1n) is 5.30. The second-order valence-corrected chi connectivity index (χ2v) is 4.33. The van der Waals surface area contributed by atoms with Gasteiger partial charge in [0.05, 0.1) is 11.7 Å². The van der Waals surface area contributed by atoms with Crippen LogP contribution in [0.4, 0.5) is 0 Å². The van der Waals surface area contributed by atoms with Gasteiger partial charge >= 0.3 is 0 Å². The molecule has 2 atom stereocenters. The quantitative estimate of drug-likeness (QED) is 0.655. The van der Waals surface area contributed by atoms with E-state index in [2.05, 4.69) is 0 Å². The summed E-state index contributed by atoms with van der Waals surface area (Å²) < 4.78 is 0. The number of aliphatic hydroxyl groups excluding tert-OH is 1. The molecule has 1 aliphatic rings. The summed E-state index contributed by atoms with van der Waals surface area (Å²) in [5.41, 5.74) is -0.280. The Morgan fingerprint density at radius 2 is 2.13 bits per heavy atom. The first-order chi connectivity index (χ1) is 7.10. The third kappa shape index (κ3) is 2.13. The highest BCUT2D eigenvalue weighted by atomic mass is 16.3. The molecular formula is C12H16O3. The first kappa shape index (κ1) is 10.5. The maximum absolute atomic E-state index is 10.4. The molecule has 1 aromatic carbocycles. The highest BCUT2D eigenvalue weighted by Gasteiger charge is 2.35. The van der Waals surface area contributed by atoms with Crippen LogP contribution in [0.1, 0.15) is 31.2 Å². The van der Waals surface area contributed by atoms with Gasteiger partial charge in [-0.3, -0.25) is 0 Å². The van der Waals surface area contributed by atoms with E-state index in [1.54, 1.807) is 24.3 Å². The Kier molecular flexibility index (Phi) is 2.67. The molecule has 1 aromatic rings. The fourth-order valence-corrected chi connectivity index (χ4v) is 2.28. The lowest BCUT2D eigenvalue weighted by Crippen LogP contribution is -2.34. The predicted octanol–water partition coefficient (Wildman–Crippen LogP) is 1.51. The summed E-state index contributed by atoms with van der Waals surface area (Å²) >= 11 is 0. The number of phenols is 1. The van der Waals surface area contributed by atoms with E-state index in [0.29, 0.717) is 18.4 Å². The van der Waals surface area contributed by atoms with Crippen molar-refractivity contribution in [3.8, 4) is 5.75 Å². The molecule has 3 nitrogen and oxygen atoms in total. The summed E-state index contributed by atoms with van der Waals surface area (Å²) in [5.74, 6) is 0.154. The Bertz CT molecular complexity index is 350. The number of hydrogen-bond donors (Lipinski definition) is 3. The molecule has 3 N–H and O–H groups in total. The van der Waals surface area contributed by atoms with Crippen molar-refractivity contribution in [1.29, 1.82) is 0 Å². The van der Waals surface area contributed by atoms with Gasteiger partial charge < -0.3 is 15.3 Å². The van der Waals surface area contributed by atoms with E-state index in [9.17, 15) is 15.3 Å². The summed E-state index contributed by atoms with van der Waals surface area (Å²) in [6, 6.07) is 6.64. The Morgan fingerprint density at radius 1 is 1.33 bits per heavy atom. The average Bonchev–Trinajstić information content (AvgIpc) is 2.17. The van der Waals surface area contributed by atoms with Gasteiger partial charge in [0.25, 0.3) is 0 Å². The molecule has 0 amide bonds. The van der Waals surface area contributed by atoms with E-state index in [0.717, 1.165) is 12.8 Å². The van der Waals surface area contributed by atoms with E-state index in [-0.39, 0.29) is 5.75 Å². The average molecular weight is 208 g/mol. The minimum absolute atomic E-state index is 0.154. The Morgan fingerprint density at radius 3 is 2.80 bits per heavy atom. The molecule has 2 unspecified atom stereocenters. The van der Waals surface area contributed by atoms with Gasteiger partial charge in [0, 0.05) is 6.42 Å². The maximum Gasteiger partial charge on any atom is 0.115 e. The van der Waals surface area contributed by atoms with E-state index < -0.39 is 11.7 Å². The Hall–Kier alpha value is -1.06. The van der Waals surface area contributed by atoms with E-state index in [1.165, 1.54) is 0 Å². The zero-order chi connectivity index (χ0) is 10.9. The number of hydrogen-bond acceptors (Lipinski definition) is 3. The van der Waals surface area contributed by atoms with Crippen LogP contribution in [0.3, 0.4) is 0 Å². The summed E-state index contributed by atoms with van der Waals surface area (Å²) in [5, 5.41) is 29.3. The Labute approximate surface area is 89.0 Å². The molecule has 1 fully saturated rings. The maximum atomic E-state index is 10.4. The normalized spacial score (nSPS) is 31.5. The van der Waals surface area contributed by atoms with E-state index in [4.69, 9.17) is 0 Å². The number of aliphatic hydroxyl groups is 2. The van der Waals surface area contributed by atoms with Crippen LogP contribution in [0, 0.1) is 0 Å². The van der Waals surface area contributed by atoms with Crippen LogP contribution in [0.15, 0.2) is 24.3 Å². The number of phenolic OH excluding ortho intramolecular Hbond substituents is 1. The van der Waals surface area contributed by atoms with Crippen molar-refractivity contribution < 1.29 is 15.3 Å². The molecule has 1 aliphatic carbocycles. The van der Waals surface area contributed by atoms with Crippen molar-refractivity contribution in [2.75, 3.05) is 0 Å². The lowest BCUT2D eigenvalue weighted by atomic mass is 9.78. The van der Waals surface area contributed by atoms with Gasteiger partial charge in [0.15, 0.2) is 0 Å². The van der Waals surface area contributed by atoms with Crippen molar-refractivity contribution >= 4 is 0 Å². The SMILES string of the molecule is Oc1cccc(C2(O)CCCC(O)C2)c1. The summed E-state index contributed by atoms with van der Waals surface area (Å²) in [4.78, 5) is 0. The topological polar surface area (TPSA) is 60.7 Å². The van der Waals surface area contributed by atoms with Crippen LogP contribution in [0.5, 0.6) is 5.75 Å². The zero-order valence-electron chi connectivity index (χ0n) is 8.56. The second kappa shape index (κ2) is 3.83. The van der Waals surface area contributed by atoms with Gasteiger partial charge in [-0.15, -0.1) is 0 Å². The molecule has 0 heterocycles. The van der Waals surface area contributed by atoms with Gasteiger partial charge in [-0.05, 0) is 37.0 Å². The van der Waals surface area contributed by atoms with Crippen molar-refractivity contribution in [3.63, 3.8) is 0 Å². The second-order valence-electron chi connectivity index (χ2n) is 4.33. The number of benzene rings is 1. The number of aromatic hydroxyl groups is 1. The molecule has 0 aromatic heterocycles. The van der Waals surface area contributed by atoms with Crippen molar-refractivity contribution in [2.24, 2.45) is 0 Å². The highest BCUT2D eigenvalue weighted by molar-refractivity contribution is 5.31. The molecular weight excluding hydrogens is 192 g/mol. The number of rotatable bonds is 1. The molecule has 82 valence electrons. The molecule has 2 rings (SSSR count). The van der Waals surface area contributed by atoms with Crippen LogP contribution in [0.2, 0.25) is 0 Å². The van der Waals surface area contributed by atoms with Gasteiger partial charge in [-0.25, -0.2) is 0 Å². The third-order valence-electron chi connectivity index (χ3n) is 3.08. The fraction of sp³-hybridized carbons (Fsp3) is 0.500. The monoisotopic (exact) mass is 208 g/mol. The smallest absolute Gasteiger partial charge is 0.115 e. The van der Waals surface area contributed by atoms with Crippen LogP contribution < -0.4 is 0 Å². The van der Waals surface area contributed by atoms with Crippen LogP contribution in [0.25, 0.3) is 0 Å². The molecule has 0 spiro atoms. The van der Waals surface area contributed by atoms with Crippen molar-refractivity contribution in [3.05, 3.63) is 29.8 Å². The van der Waals surface area contributed by atoms with Crippen LogP contribution in [-0.4, -0.2) is 21.4 Å². The van der Waals surface area contributed by atoms with Gasteiger partial charge in [-0.1, -0.05) is 12.1 Å². The van der Waals surface area contributed by atoms with E-state index in [1.807, 2.05) is 0 Å². The third-order valence-corrected chi connectivity index (χ3v) is 3.08.